The van der Waals surface area contributed by atoms with Crippen LogP contribution in [-0.2, 0) is 0 Å². The van der Waals surface area contributed by atoms with E-state index in [0.717, 1.165) is 5.56 Å². The van der Waals surface area contributed by atoms with E-state index >= 15 is 0 Å². The van der Waals surface area contributed by atoms with Gasteiger partial charge in [0.1, 0.15) is 23.1 Å². The van der Waals surface area contributed by atoms with Crippen LogP contribution in [0.5, 0.6) is 11.5 Å². The first-order valence-corrected chi connectivity index (χ1v) is 6.30. The van der Waals surface area contributed by atoms with Crippen molar-refractivity contribution in [1.82, 2.24) is 0 Å². The summed E-state index contributed by atoms with van der Waals surface area (Å²) in [7, 11) is 0. The minimum absolute atomic E-state index is 0.326. The lowest BCUT2D eigenvalue weighted by Gasteiger charge is -2.16. The molecule has 4 heteroatoms. The monoisotopic (exact) mass is 278 g/mol. The quantitative estimate of drug-likeness (QED) is 0.900. The van der Waals surface area contributed by atoms with E-state index in [1.54, 1.807) is 19.9 Å². The Morgan fingerprint density at radius 2 is 1.70 bits per heavy atom. The summed E-state index contributed by atoms with van der Waals surface area (Å²) in [5, 5.41) is 9.70. The number of halogens is 2. The van der Waals surface area contributed by atoms with Crippen molar-refractivity contribution >= 4 is 0 Å². The third-order valence-electron chi connectivity index (χ3n) is 3.11. The average molecular weight is 278 g/mol. The Balaban J connectivity index is 2.47. The molecular formula is C16H16F2O2. The van der Waals surface area contributed by atoms with Crippen molar-refractivity contribution in [2.24, 2.45) is 0 Å². The van der Waals surface area contributed by atoms with Crippen LogP contribution in [0.4, 0.5) is 8.78 Å². The van der Waals surface area contributed by atoms with Gasteiger partial charge in [0.05, 0.1) is 6.10 Å². The van der Waals surface area contributed by atoms with Crippen molar-refractivity contribution in [2.75, 3.05) is 0 Å². The van der Waals surface area contributed by atoms with Crippen molar-refractivity contribution in [1.29, 1.82) is 0 Å². The molecule has 106 valence electrons. The fraction of sp³-hybridized carbons (Fsp3) is 0.250. The number of ether oxygens (including phenoxy) is 1. The highest BCUT2D eigenvalue weighted by atomic mass is 19.1. The Hall–Kier alpha value is -1.94. The number of aryl methyl sites for hydroxylation is 2. The van der Waals surface area contributed by atoms with E-state index in [0.29, 0.717) is 22.6 Å². The predicted octanol–water partition coefficient (Wildman–Crippen LogP) is 4.43. The van der Waals surface area contributed by atoms with E-state index in [1.807, 2.05) is 0 Å². The first kappa shape index (κ1) is 14.5. The molecule has 0 unspecified atom stereocenters. The second-order valence-corrected chi connectivity index (χ2v) is 4.83. The lowest BCUT2D eigenvalue weighted by atomic mass is 10.1. The van der Waals surface area contributed by atoms with E-state index in [4.69, 9.17) is 4.74 Å². The van der Waals surface area contributed by atoms with Gasteiger partial charge in [-0.15, -0.1) is 0 Å². The zero-order valence-corrected chi connectivity index (χ0v) is 11.6. The predicted molar refractivity (Wildman–Crippen MR) is 73.0 cm³/mol. The number of rotatable bonds is 3. The second kappa shape index (κ2) is 5.59. The normalized spacial score (nSPS) is 12.3. The number of benzene rings is 2. The Morgan fingerprint density at radius 3 is 2.35 bits per heavy atom. The molecule has 0 fully saturated rings. The summed E-state index contributed by atoms with van der Waals surface area (Å²) in [4.78, 5) is 0. The van der Waals surface area contributed by atoms with Crippen LogP contribution in [0.15, 0.2) is 30.3 Å². The molecule has 0 saturated carbocycles. The largest absolute Gasteiger partial charge is 0.457 e. The molecule has 2 aromatic rings. The van der Waals surface area contributed by atoms with Gasteiger partial charge in [-0.05, 0) is 50.1 Å². The molecule has 0 radical (unpaired) electrons. The van der Waals surface area contributed by atoms with Crippen LogP contribution < -0.4 is 4.74 Å². The van der Waals surface area contributed by atoms with Crippen LogP contribution >= 0.6 is 0 Å². The SMILES string of the molecule is Cc1cc(Oc2cc(F)ccc2C)c([C@H](C)O)cc1F. The molecule has 0 saturated heterocycles. The summed E-state index contributed by atoms with van der Waals surface area (Å²) in [6.45, 7) is 4.91. The highest BCUT2D eigenvalue weighted by Gasteiger charge is 2.14. The van der Waals surface area contributed by atoms with Gasteiger partial charge >= 0.3 is 0 Å². The Labute approximate surface area is 116 Å². The molecule has 0 amide bonds. The van der Waals surface area contributed by atoms with E-state index in [-0.39, 0.29) is 0 Å². The number of aliphatic hydroxyl groups excluding tert-OH is 1. The Kier molecular flexibility index (Phi) is 4.04. The van der Waals surface area contributed by atoms with Gasteiger partial charge in [-0.3, -0.25) is 0 Å². The smallest absolute Gasteiger partial charge is 0.133 e. The van der Waals surface area contributed by atoms with Crippen molar-refractivity contribution in [2.45, 2.75) is 26.9 Å². The molecule has 0 heterocycles. The number of hydrogen-bond donors (Lipinski definition) is 1. The molecule has 0 bridgehead atoms. The molecule has 0 aromatic heterocycles. The van der Waals surface area contributed by atoms with Crippen molar-refractivity contribution < 1.29 is 18.6 Å². The summed E-state index contributed by atoms with van der Waals surface area (Å²) in [6, 6.07) is 6.95. The topological polar surface area (TPSA) is 29.5 Å². The number of hydrogen-bond acceptors (Lipinski definition) is 2. The number of aliphatic hydroxyl groups is 1. The zero-order chi connectivity index (χ0) is 14.9. The molecular weight excluding hydrogens is 262 g/mol. The highest BCUT2D eigenvalue weighted by Crippen LogP contribution is 2.33. The first-order valence-electron chi connectivity index (χ1n) is 6.30. The van der Waals surface area contributed by atoms with Crippen LogP contribution in [0.25, 0.3) is 0 Å². The summed E-state index contributed by atoms with van der Waals surface area (Å²) >= 11 is 0. The highest BCUT2D eigenvalue weighted by molar-refractivity contribution is 5.44. The third kappa shape index (κ3) is 2.96. The summed E-state index contributed by atoms with van der Waals surface area (Å²) in [6.07, 6.45) is -0.881. The maximum Gasteiger partial charge on any atom is 0.133 e. The van der Waals surface area contributed by atoms with Crippen LogP contribution in [0.2, 0.25) is 0 Å². The standard InChI is InChI=1S/C16H16F2O2/c1-9-4-5-12(17)7-15(9)20-16-6-10(2)14(18)8-13(16)11(3)19/h4-8,11,19H,1-3H3/t11-/m0/s1. The van der Waals surface area contributed by atoms with Crippen LogP contribution in [0.3, 0.4) is 0 Å². The van der Waals surface area contributed by atoms with Crippen molar-refractivity contribution in [3.05, 3.63) is 58.7 Å². The van der Waals surface area contributed by atoms with Gasteiger partial charge in [0, 0.05) is 11.6 Å². The lowest BCUT2D eigenvalue weighted by Crippen LogP contribution is -2.00. The van der Waals surface area contributed by atoms with Crippen LogP contribution in [0.1, 0.15) is 29.7 Å². The van der Waals surface area contributed by atoms with E-state index < -0.39 is 17.7 Å². The van der Waals surface area contributed by atoms with Crippen LogP contribution in [-0.4, -0.2) is 5.11 Å². The summed E-state index contributed by atoms with van der Waals surface area (Å²) in [5.74, 6) is -0.155. The van der Waals surface area contributed by atoms with Gasteiger partial charge in [-0.25, -0.2) is 8.78 Å². The minimum atomic E-state index is -0.881. The molecule has 0 aliphatic heterocycles. The van der Waals surface area contributed by atoms with Gasteiger partial charge < -0.3 is 9.84 Å². The molecule has 20 heavy (non-hydrogen) atoms. The van der Waals surface area contributed by atoms with Gasteiger partial charge in [-0.2, -0.15) is 0 Å². The minimum Gasteiger partial charge on any atom is -0.457 e. The zero-order valence-electron chi connectivity index (χ0n) is 11.6. The maximum atomic E-state index is 13.6. The average Bonchev–Trinajstić information content (AvgIpc) is 2.37. The molecule has 0 aliphatic rings. The van der Waals surface area contributed by atoms with E-state index in [2.05, 4.69) is 0 Å². The molecule has 0 spiro atoms. The molecule has 2 rings (SSSR count). The first-order chi connectivity index (χ1) is 9.38. The van der Waals surface area contributed by atoms with Gasteiger partial charge in [-0.1, -0.05) is 6.07 Å². The molecule has 1 atom stereocenters. The fourth-order valence-electron chi connectivity index (χ4n) is 1.89. The van der Waals surface area contributed by atoms with E-state index in [1.165, 1.54) is 31.2 Å². The molecule has 2 aromatic carbocycles. The molecule has 1 N–H and O–H groups in total. The van der Waals surface area contributed by atoms with E-state index in [9.17, 15) is 13.9 Å². The van der Waals surface area contributed by atoms with Gasteiger partial charge in [0.2, 0.25) is 0 Å². The summed E-state index contributed by atoms with van der Waals surface area (Å²) < 4.78 is 32.5. The third-order valence-corrected chi connectivity index (χ3v) is 3.11. The molecule has 0 aliphatic carbocycles. The fourth-order valence-corrected chi connectivity index (χ4v) is 1.89. The summed E-state index contributed by atoms with van der Waals surface area (Å²) in [5.41, 5.74) is 1.49. The van der Waals surface area contributed by atoms with Gasteiger partial charge in [0.15, 0.2) is 0 Å². The van der Waals surface area contributed by atoms with Crippen molar-refractivity contribution in [3.8, 4) is 11.5 Å². The lowest BCUT2D eigenvalue weighted by molar-refractivity contribution is 0.195. The van der Waals surface area contributed by atoms with Crippen LogP contribution in [0, 0.1) is 25.5 Å². The maximum absolute atomic E-state index is 13.6. The molecule has 2 nitrogen and oxygen atoms in total. The Morgan fingerprint density at radius 1 is 1.00 bits per heavy atom. The Bertz CT molecular complexity index is 637. The van der Waals surface area contributed by atoms with Crippen molar-refractivity contribution in [3.63, 3.8) is 0 Å². The van der Waals surface area contributed by atoms with Gasteiger partial charge in [0.25, 0.3) is 0 Å². The second-order valence-electron chi connectivity index (χ2n) is 4.83.